The van der Waals surface area contributed by atoms with Gasteiger partial charge in [-0.25, -0.2) is 4.98 Å². The highest BCUT2D eigenvalue weighted by Gasteiger charge is 2.06. The van der Waals surface area contributed by atoms with Gasteiger partial charge in [0, 0.05) is 30.4 Å². The van der Waals surface area contributed by atoms with Crippen LogP contribution in [0.15, 0.2) is 36.0 Å². The van der Waals surface area contributed by atoms with Gasteiger partial charge in [-0.3, -0.25) is 4.98 Å². The zero-order valence-corrected chi connectivity index (χ0v) is 11.0. The number of H-pyrrole nitrogens is 1. The summed E-state index contributed by atoms with van der Waals surface area (Å²) in [6.45, 7) is 2.45. The molecule has 2 rings (SSSR count). The molecule has 0 amide bonds. The van der Waals surface area contributed by atoms with Gasteiger partial charge >= 0.3 is 0 Å². The molecule has 0 aromatic carbocycles. The van der Waals surface area contributed by atoms with Gasteiger partial charge < -0.3 is 15.5 Å². The first-order valence-corrected chi connectivity index (χ1v) is 6.65. The number of aryl methyl sites for hydroxylation is 1. The maximum absolute atomic E-state index is 5.97. The maximum Gasteiger partial charge on any atom is 0.165 e. The van der Waals surface area contributed by atoms with E-state index in [1.807, 2.05) is 13.0 Å². The second-order valence-electron chi connectivity index (χ2n) is 3.97. The van der Waals surface area contributed by atoms with Gasteiger partial charge in [0.25, 0.3) is 0 Å². The van der Waals surface area contributed by atoms with Gasteiger partial charge in [0.1, 0.15) is 12.4 Å². The topological polar surface area (TPSA) is 76.8 Å². The number of nitrogens with zero attached hydrogens (tertiary/aromatic N) is 2. The number of ether oxygens (including phenoxy) is 1. The summed E-state index contributed by atoms with van der Waals surface area (Å²) < 4.78 is 5.59. The molecule has 0 saturated heterocycles. The lowest BCUT2D eigenvalue weighted by Crippen LogP contribution is -2.30. The molecular formula is C12H16N4OS. The zero-order chi connectivity index (χ0) is 12.8. The van der Waals surface area contributed by atoms with Crippen molar-refractivity contribution < 1.29 is 4.74 Å². The molecule has 5 nitrogen and oxygen atoms in total. The van der Waals surface area contributed by atoms with E-state index in [4.69, 9.17) is 10.5 Å². The fourth-order valence-electron chi connectivity index (χ4n) is 1.37. The molecule has 0 aliphatic heterocycles. The summed E-state index contributed by atoms with van der Waals surface area (Å²) in [4.78, 5) is 11.2. The fraction of sp³-hybridized carbons (Fsp3) is 0.333. The number of hydrogen-bond acceptors (Lipinski definition) is 5. The lowest BCUT2D eigenvalue weighted by Gasteiger charge is -2.12. The monoisotopic (exact) mass is 264 g/mol. The largest absolute Gasteiger partial charge is 0.490 e. The van der Waals surface area contributed by atoms with Crippen molar-refractivity contribution in [2.24, 2.45) is 5.73 Å². The van der Waals surface area contributed by atoms with Gasteiger partial charge in [0.2, 0.25) is 0 Å². The van der Waals surface area contributed by atoms with Crippen LogP contribution in [0.4, 0.5) is 0 Å². The van der Waals surface area contributed by atoms with Gasteiger partial charge in [-0.05, 0) is 18.6 Å². The number of aromatic amines is 1. The van der Waals surface area contributed by atoms with Crippen molar-refractivity contribution in [2.75, 3.05) is 12.4 Å². The van der Waals surface area contributed by atoms with Crippen LogP contribution in [0.3, 0.4) is 0 Å². The highest BCUT2D eigenvalue weighted by atomic mass is 32.2. The van der Waals surface area contributed by atoms with Crippen molar-refractivity contribution in [2.45, 2.75) is 18.1 Å². The molecule has 0 aliphatic carbocycles. The number of imidazole rings is 1. The first-order valence-electron chi connectivity index (χ1n) is 5.66. The molecule has 2 aromatic heterocycles. The molecule has 2 aromatic rings. The summed E-state index contributed by atoms with van der Waals surface area (Å²) in [6.07, 6.45) is 7.00. The van der Waals surface area contributed by atoms with E-state index in [2.05, 4.69) is 15.0 Å². The van der Waals surface area contributed by atoms with Crippen LogP contribution in [0.5, 0.6) is 5.75 Å². The van der Waals surface area contributed by atoms with Crippen LogP contribution >= 0.6 is 11.8 Å². The SMILES string of the molecule is Cc1cncc(OCC(N)CSc2ncc[nH]2)c1. The smallest absolute Gasteiger partial charge is 0.165 e. The Labute approximate surface area is 110 Å². The Morgan fingerprint density at radius 3 is 3.11 bits per heavy atom. The minimum absolute atomic E-state index is 0.0411. The Bertz CT molecular complexity index is 475. The van der Waals surface area contributed by atoms with E-state index in [1.54, 1.807) is 36.5 Å². The third kappa shape index (κ3) is 4.05. The number of aromatic nitrogens is 3. The van der Waals surface area contributed by atoms with Crippen LogP contribution < -0.4 is 10.5 Å². The minimum atomic E-state index is -0.0411. The van der Waals surface area contributed by atoms with E-state index in [1.165, 1.54) is 0 Å². The van der Waals surface area contributed by atoms with Crippen molar-refractivity contribution in [3.05, 3.63) is 36.4 Å². The molecule has 0 spiro atoms. The summed E-state index contributed by atoms with van der Waals surface area (Å²) >= 11 is 1.59. The minimum Gasteiger partial charge on any atom is -0.490 e. The van der Waals surface area contributed by atoms with E-state index in [-0.39, 0.29) is 6.04 Å². The van der Waals surface area contributed by atoms with Crippen molar-refractivity contribution >= 4 is 11.8 Å². The van der Waals surface area contributed by atoms with Crippen LogP contribution in [0.2, 0.25) is 0 Å². The normalized spacial score (nSPS) is 12.3. The van der Waals surface area contributed by atoms with Crippen molar-refractivity contribution in [1.29, 1.82) is 0 Å². The molecule has 2 heterocycles. The number of hydrogen-bond donors (Lipinski definition) is 2. The number of pyridine rings is 1. The van der Waals surface area contributed by atoms with Crippen molar-refractivity contribution in [3.8, 4) is 5.75 Å². The molecule has 1 atom stereocenters. The summed E-state index contributed by atoms with van der Waals surface area (Å²) in [7, 11) is 0. The molecule has 6 heteroatoms. The average Bonchev–Trinajstić information content (AvgIpc) is 2.87. The fourth-order valence-corrected chi connectivity index (χ4v) is 2.13. The summed E-state index contributed by atoms with van der Waals surface area (Å²) in [5.41, 5.74) is 7.04. The molecule has 0 bridgehead atoms. The van der Waals surface area contributed by atoms with Gasteiger partial charge in [-0.15, -0.1) is 0 Å². The maximum atomic E-state index is 5.97. The number of nitrogens with one attached hydrogen (secondary N) is 1. The molecule has 3 N–H and O–H groups in total. The van der Waals surface area contributed by atoms with E-state index in [9.17, 15) is 0 Å². The lowest BCUT2D eigenvalue weighted by atomic mass is 10.3. The molecule has 0 aliphatic rings. The van der Waals surface area contributed by atoms with Gasteiger partial charge in [-0.2, -0.15) is 0 Å². The first kappa shape index (κ1) is 12.9. The van der Waals surface area contributed by atoms with E-state index < -0.39 is 0 Å². The third-order valence-corrected chi connectivity index (χ3v) is 3.31. The quantitative estimate of drug-likeness (QED) is 0.775. The van der Waals surface area contributed by atoms with Gasteiger partial charge in [-0.1, -0.05) is 11.8 Å². The number of thioether (sulfide) groups is 1. The molecule has 0 saturated carbocycles. The Morgan fingerprint density at radius 2 is 2.39 bits per heavy atom. The summed E-state index contributed by atoms with van der Waals surface area (Å²) in [5, 5.41) is 0.877. The van der Waals surface area contributed by atoms with E-state index in [0.29, 0.717) is 6.61 Å². The van der Waals surface area contributed by atoms with Gasteiger partial charge in [0.05, 0.1) is 6.20 Å². The lowest BCUT2D eigenvalue weighted by molar-refractivity contribution is 0.296. The highest BCUT2D eigenvalue weighted by Crippen LogP contribution is 2.14. The van der Waals surface area contributed by atoms with E-state index >= 15 is 0 Å². The van der Waals surface area contributed by atoms with Crippen molar-refractivity contribution in [3.63, 3.8) is 0 Å². The predicted octanol–water partition coefficient (Wildman–Crippen LogP) is 1.61. The predicted molar refractivity (Wildman–Crippen MR) is 71.8 cm³/mol. The Kier molecular flexibility index (Phi) is 4.60. The van der Waals surface area contributed by atoms with Crippen molar-refractivity contribution in [1.82, 2.24) is 15.0 Å². The number of nitrogens with two attached hydrogens (primary N) is 1. The van der Waals surface area contributed by atoms with Crippen LogP contribution in [-0.4, -0.2) is 33.4 Å². The third-order valence-electron chi connectivity index (χ3n) is 2.22. The highest BCUT2D eigenvalue weighted by molar-refractivity contribution is 7.99. The second-order valence-corrected chi connectivity index (χ2v) is 4.98. The Balaban J connectivity index is 1.73. The standard InChI is InChI=1S/C12H16N4OS/c1-9-4-11(6-14-5-9)17-7-10(13)8-18-12-15-2-3-16-12/h2-6,10H,7-8,13H2,1H3,(H,15,16). The molecule has 96 valence electrons. The molecule has 1 unspecified atom stereocenters. The molecule has 0 radical (unpaired) electrons. The summed E-state index contributed by atoms with van der Waals surface area (Å²) in [5.74, 6) is 1.51. The van der Waals surface area contributed by atoms with Crippen LogP contribution in [0, 0.1) is 6.92 Å². The average molecular weight is 264 g/mol. The number of rotatable bonds is 6. The van der Waals surface area contributed by atoms with E-state index in [0.717, 1.165) is 22.2 Å². The zero-order valence-electron chi connectivity index (χ0n) is 10.2. The second kappa shape index (κ2) is 6.42. The molecule has 0 fully saturated rings. The molecule has 18 heavy (non-hydrogen) atoms. The van der Waals surface area contributed by atoms with Crippen LogP contribution in [-0.2, 0) is 0 Å². The first-order chi connectivity index (χ1) is 8.74. The Morgan fingerprint density at radius 1 is 1.50 bits per heavy atom. The Hall–Kier alpha value is -1.53. The van der Waals surface area contributed by atoms with Crippen LogP contribution in [0.25, 0.3) is 0 Å². The summed E-state index contributed by atoms with van der Waals surface area (Å²) in [6, 6.07) is 1.90. The molecular weight excluding hydrogens is 248 g/mol. The van der Waals surface area contributed by atoms with Crippen LogP contribution in [0.1, 0.15) is 5.56 Å². The van der Waals surface area contributed by atoms with Gasteiger partial charge in [0.15, 0.2) is 5.16 Å².